The summed E-state index contributed by atoms with van der Waals surface area (Å²) in [6.07, 6.45) is 3.75. The van der Waals surface area contributed by atoms with Gasteiger partial charge in [0.1, 0.15) is 0 Å². The molecule has 7 heteroatoms. The maximum absolute atomic E-state index is 9.00. The van der Waals surface area contributed by atoms with Crippen LogP contribution in [-0.2, 0) is 40.8 Å². The van der Waals surface area contributed by atoms with Gasteiger partial charge in [-0.05, 0) is 46.2 Å². The average Bonchev–Trinajstić information content (AvgIpc) is 2.52. The fraction of sp³-hybridized carbons (Fsp3) is 0.455. The van der Waals surface area contributed by atoms with Crippen molar-refractivity contribution in [1.29, 1.82) is 0 Å². The van der Waals surface area contributed by atoms with Crippen molar-refractivity contribution in [1.82, 2.24) is 9.97 Å². The van der Waals surface area contributed by atoms with Crippen molar-refractivity contribution in [3.63, 3.8) is 0 Å². The van der Waals surface area contributed by atoms with Gasteiger partial charge in [-0.2, -0.15) is 0 Å². The van der Waals surface area contributed by atoms with E-state index in [0.717, 1.165) is 25.2 Å². The molecule has 0 saturated carbocycles. The predicted octanol–water partition coefficient (Wildman–Crippen LogP) is 4.92. The molecule has 2 rings (SSSR count). The quantitative estimate of drug-likeness (QED) is 0.546. The van der Waals surface area contributed by atoms with Gasteiger partial charge in [-0.1, -0.05) is 41.5 Å². The van der Waals surface area contributed by atoms with Crippen molar-refractivity contribution < 1.29 is 40.2 Å². The molecule has 29 heavy (non-hydrogen) atoms. The fourth-order valence-electron chi connectivity index (χ4n) is 2.07. The van der Waals surface area contributed by atoms with Crippen LogP contribution in [0.3, 0.4) is 0 Å². The van der Waals surface area contributed by atoms with Crippen LogP contribution in [-0.4, -0.2) is 32.1 Å². The van der Waals surface area contributed by atoms with E-state index in [2.05, 4.69) is 75.8 Å². The van der Waals surface area contributed by atoms with Gasteiger partial charge in [0.05, 0.1) is 11.4 Å². The summed E-state index contributed by atoms with van der Waals surface area (Å²) < 4.78 is 0. The zero-order valence-electron chi connectivity index (χ0n) is 18.4. The molecule has 0 aliphatic rings. The molecule has 164 valence electrons. The molecule has 2 aromatic heterocycles. The van der Waals surface area contributed by atoms with E-state index in [1.807, 2.05) is 12.4 Å². The minimum atomic E-state index is -0.833. The zero-order valence-corrected chi connectivity index (χ0v) is 19.9. The maximum atomic E-state index is 9.00. The molecule has 0 aliphatic carbocycles. The number of carboxylic acid groups (broad SMARTS) is 2. The van der Waals surface area contributed by atoms with Gasteiger partial charge in [0.15, 0.2) is 0 Å². The van der Waals surface area contributed by atoms with E-state index >= 15 is 0 Å². The third-order valence-electron chi connectivity index (χ3n) is 3.51. The summed E-state index contributed by atoms with van der Waals surface area (Å²) in [5, 5.41) is 14.8. The normalized spacial score (nSPS) is 10.3. The molecule has 0 amide bonds. The van der Waals surface area contributed by atoms with Gasteiger partial charge in [0.2, 0.25) is 0 Å². The predicted molar refractivity (Wildman–Crippen MR) is 111 cm³/mol. The van der Waals surface area contributed by atoms with Crippen LogP contribution in [0.5, 0.6) is 0 Å². The van der Waals surface area contributed by atoms with Crippen LogP contribution in [0, 0.1) is 0 Å². The summed E-state index contributed by atoms with van der Waals surface area (Å²) in [4.78, 5) is 27.0. The Bertz CT molecular complexity index is 718. The van der Waals surface area contributed by atoms with Crippen molar-refractivity contribution in [2.45, 2.75) is 66.2 Å². The average molecular weight is 495 g/mol. The molecule has 2 heterocycles. The van der Waals surface area contributed by atoms with E-state index in [1.165, 1.54) is 11.1 Å². The zero-order chi connectivity index (χ0) is 22.1. The number of hydrogen-bond acceptors (Lipinski definition) is 4. The van der Waals surface area contributed by atoms with Gasteiger partial charge in [0, 0.05) is 46.7 Å². The number of carbonyl (C=O) groups is 2. The van der Waals surface area contributed by atoms with Crippen molar-refractivity contribution in [2.75, 3.05) is 0 Å². The molecular formula is C22H32N2O4Pd. The second-order valence-electron chi connectivity index (χ2n) is 8.40. The first-order valence-electron chi connectivity index (χ1n) is 8.97. The van der Waals surface area contributed by atoms with Gasteiger partial charge in [0.25, 0.3) is 11.9 Å². The first-order chi connectivity index (χ1) is 12.6. The van der Waals surface area contributed by atoms with Crippen molar-refractivity contribution in [3.8, 4) is 11.4 Å². The minimum Gasteiger partial charge on any atom is -0.481 e. The van der Waals surface area contributed by atoms with E-state index in [-0.39, 0.29) is 31.3 Å². The Morgan fingerprint density at radius 3 is 1.17 bits per heavy atom. The topological polar surface area (TPSA) is 100 Å². The molecule has 0 atom stereocenters. The summed E-state index contributed by atoms with van der Waals surface area (Å²) in [6, 6.07) is 8.46. The van der Waals surface area contributed by atoms with E-state index in [4.69, 9.17) is 19.8 Å². The van der Waals surface area contributed by atoms with Gasteiger partial charge in [-0.25, -0.2) is 0 Å². The first kappa shape index (κ1) is 29.1. The Morgan fingerprint density at radius 1 is 0.724 bits per heavy atom. The Hall–Kier alpha value is -2.10. The molecule has 0 spiro atoms. The number of pyridine rings is 2. The smallest absolute Gasteiger partial charge is 0.300 e. The van der Waals surface area contributed by atoms with Crippen LogP contribution in [0.25, 0.3) is 11.4 Å². The van der Waals surface area contributed by atoms with Crippen LogP contribution in [0.15, 0.2) is 36.7 Å². The molecular weight excluding hydrogens is 463 g/mol. The molecule has 0 aliphatic heterocycles. The third kappa shape index (κ3) is 12.9. The Morgan fingerprint density at radius 2 is 0.966 bits per heavy atom. The third-order valence-corrected chi connectivity index (χ3v) is 3.51. The summed E-state index contributed by atoms with van der Waals surface area (Å²) in [6.45, 7) is 15.4. The van der Waals surface area contributed by atoms with Crippen LogP contribution in [0.4, 0.5) is 0 Å². The molecule has 0 fully saturated rings. The van der Waals surface area contributed by atoms with Crippen LogP contribution in [0.1, 0.15) is 66.5 Å². The second kappa shape index (κ2) is 12.5. The van der Waals surface area contributed by atoms with E-state index in [1.54, 1.807) is 0 Å². The molecule has 0 aromatic carbocycles. The number of aromatic nitrogens is 2. The van der Waals surface area contributed by atoms with Crippen LogP contribution < -0.4 is 0 Å². The maximum Gasteiger partial charge on any atom is 0.300 e. The molecule has 0 radical (unpaired) electrons. The standard InChI is InChI=1S/C18H24N2.2C2H4O2.Pd/c1-17(2,3)13-7-9-19-15(11-13)16-12-14(8-10-20-16)18(4,5)6;2*1-2(3)4;/h7-12H,1-6H3;2*1H3,(H,3,4);. The summed E-state index contributed by atoms with van der Waals surface area (Å²) in [5.74, 6) is -1.67. The van der Waals surface area contributed by atoms with E-state index in [0.29, 0.717) is 0 Å². The molecule has 0 unspecified atom stereocenters. The molecule has 0 saturated heterocycles. The molecule has 2 aromatic rings. The molecule has 0 bridgehead atoms. The van der Waals surface area contributed by atoms with Gasteiger partial charge in [-0.15, -0.1) is 0 Å². The number of rotatable bonds is 1. The fourth-order valence-corrected chi connectivity index (χ4v) is 2.07. The number of aliphatic carboxylic acids is 2. The monoisotopic (exact) mass is 494 g/mol. The number of hydrogen-bond donors (Lipinski definition) is 2. The number of nitrogens with zero attached hydrogens (tertiary/aromatic N) is 2. The summed E-state index contributed by atoms with van der Waals surface area (Å²) >= 11 is 0. The molecule has 6 nitrogen and oxygen atoms in total. The van der Waals surface area contributed by atoms with Gasteiger partial charge < -0.3 is 10.2 Å². The summed E-state index contributed by atoms with van der Waals surface area (Å²) in [7, 11) is 0. The van der Waals surface area contributed by atoms with E-state index in [9.17, 15) is 0 Å². The van der Waals surface area contributed by atoms with Crippen molar-refractivity contribution in [3.05, 3.63) is 47.8 Å². The van der Waals surface area contributed by atoms with Gasteiger partial charge in [-0.3, -0.25) is 19.6 Å². The Labute approximate surface area is 187 Å². The van der Waals surface area contributed by atoms with Crippen molar-refractivity contribution >= 4 is 11.9 Å². The Balaban J connectivity index is 0. The minimum absolute atomic E-state index is 0. The molecule has 2 N–H and O–H groups in total. The van der Waals surface area contributed by atoms with Crippen LogP contribution >= 0.6 is 0 Å². The SMILES string of the molecule is CC(=O)O.CC(=O)O.CC(C)(C)c1ccnc(-c2cc(C(C)(C)C)ccn2)c1.[Pd]. The number of carboxylic acids is 2. The van der Waals surface area contributed by atoms with E-state index < -0.39 is 11.9 Å². The summed E-state index contributed by atoms with van der Waals surface area (Å²) in [5.41, 5.74) is 4.71. The first-order valence-corrected chi connectivity index (χ1v) is 8.97. The second-order valence-corrected chi connectivity index (χ2v) is 8.40. The van der Waals surface area contributed by atoms with Crippen molar-refractivity contribution in [2.24, 2.45) is 0 Å². The van der Waals surface area contributed by atoms with Crippen LogP contribution in [0.2, 0.25) is 0 Å². The van der Waals surface area contributed by atoms with Gasteiger partial charge >= 0.3 is 0 Å². The largest absolute Gasteiger partial charge is 0.481 e. The Kier molecular flexibility index (Phi) is 12.5.